The molecular weight excluding hydrogens is 256 g/mol. The van der Waals surface area contributed by atoms with Gasteiger partial charge < -0.3 is 10.0 Å². The second-order valence-electron chi connectivity index (χ2n) is 5.26. The second kappa shape index (κ2) is 6.52. The van der Waals surface area contributed by atoms with Crippen LogP contribution in [-0.2, 0) is 16.1 Å². The summed E-state index contributed by atoms with van der Waals surface area (Å²) < 4.78 is 0. The fraction of sp³-hybridized carbons (Fsp3) is 0.467. The number of hydrogen-bond acceptors (Lipinski definition) is 4. The highest BCUT2D eigenvalue weighted by Gasteiger charge is 2.16. The van der Waals surface area contributed by atoms with Gasteiger partial charge in [0, 0.05) is 38.2 Å². The Morgan fingerprint density at radius 1 is 1.25 bits per heavy atom. The molecular formula is C15H20N2O3. The Hall–Kier alpha value is -1.88. The van der Waals surface area contributed by atoms with Crippen LogP contribution in [0.5, 0.6) is 0 Å². The Bertz CT molecular complexity index is 474. The summed E-state index contributed by atoms with van der Waals surface area (Å²) in [5.74, 6) is -0.477. The number of benzene rings is 1. The maximum atomic E-state index is 11.2. The number of likely N-dealkylation sites (N-methyl/N-ethyl adjacent to an activating group) is 1. The molecule has 0 unspecified atom stereocenters. The smallest absolute Gasteiger partial charge is 0.317 e. The number of carboxylic acids is 1. The Morgan fingerprint density at radius 3 is 2.40 bits per heavy atom. The number of Topliss-reactive ketones (excluding diaryl/α,β-unsaturated/α-hetero) is 1. The highest BCUT2D eigenvalue weighted by molar-refractivity contribution is 5.81. The molecule has 0 aromatic heterocycles. The van der Waals surface area contributed by atoms with Gasteiger partial charge in [0.2, 0.25) is 0 Å². The van der Waals surface area contributed by atoms with Crippen molar-refractivity contribution in [1.82, 2.24) is 4.90 Å². The van der Waals surface area contributed by atoms with Crippen LogP contribution in [0.25, 0.3) is 0 Å². The summed E-state index contributed by atoms with van der Waals surface area (Å²) in [5.41, 5.74) is 2.22. The van der Waals surface area contributed by atoms with Crippen molar-refractivity contribution in [1.29, 1.82) is 0 Å². The number of anilines is 1. The summed E-state index contributed by atoms with van der Waals surface area (Å²) in [4.78, 5) is 25.8. The van der Waals surface area contributed by atoms with Gasteiger partial charge in [0.15, 0.2) is 0 Å². The van der Waals surface area contributed by atoms with E-state index in [0.29, 0.717) is 25.2 Å². The molecule has 5 nitrogen and oxygen atoms in total. The molecule has 108 valence electrons. The van der Waals surface area contributed by atoms with Gasteiger partial charge in [-0.1, -0.05) is 12.1 Å². The lowest BCUT2D eigenvalue weighted by molar-refractivity contribution is -0.138. The van der Waals surface area contributed by atoms with Crippen molar-refractivity contribution in [2.75, 3.05) is 31.6 Å². The van der Waals surface area contributed by atoms with Gasteiger partial charge >= 0.3 is 5.97 Å². The fourth-order valence-corrected chi connectivity index (χ4v) is 2.42. The molecule has 0 amide bonds. The van der Waals surface area contributed by atoms with Gasteiger partial charge in [-0.15, -0.1) is 0 Å². The molecule has 0 atom stereocenters. The molecule has 2 rings (SSSR count). The summed E-state index contributed by atoms with van der Waals surface area (Å²) in [6, 6.07) is 8.12. The predicted octanol–water partition coefficient (Wildman–Crippen LogP) is 1.37. The molecule has 1 saturated heterocycles. The molecule has 1 aromatic rings. The zero-order chi connectivity index (χ0) is 14.5. The summed E-state index contributed by atoms with van der Waals surface area (Å²) >= 11 is 0. The molecule has 20 heavy (non-hydrogen) atoms. The zero-order valence-electron chi connectivity index (χ0n) is 11.7. The van der Waals surface area contributed by atoms with Crippen molar-refractivity contribution in [2.45, 2.75) is 19.4 Å². The molecule has 1 aromatic carbocycles. The minimum absolute atomic E-state index is 0.0377. The maximum Gasteiger partial charge on any atom is 0.317 e. The van der Waals surface area contributed by atoms with E-state index < -0.39 is 5.97 Å². The maximum absolute atomic E-state index is 11.2. The minimum atomic E-state index is -0.817. The second-order valence-corrected chi connectivity index (χ2v) is 5.26. The van der Waals surface area contributed by atoms with Gasteiger partial charge in [-0.25, -0.2) is 0 Å². The van der Waals surface area contributed by atoms with Crippen molar-refractivity contribution in [3.05, 3.63) is 29.8 Å². The fourth-order valence-electron chi connectivity index (χ4n) is 2.42. The first-order chi connectivity index (χ1) is 9.54. The SMILES string of the molecule is CN(CC(=O)O)Cc1ccc(N2CCC(=O)CC2)cc1. The average molecular weight is 276 g/mol. The molecule has 1 aliphatic rings. The zero-order valence-corrected chi connectivity index (χ0v) is 11.7. The minimum Gasteiger partial charge on any atom is -0.480 e. The number of carbonyl (C=O) groups excluding carboxylic acids is 1. The number of hydrogen-bond donors (Lipinski definition) is 1. The summed E-state index contributed by atoms with van der Waals surface area (Å²) in [7, 11) is 1.79. The van der Waals surface area contributed by atoms with Crippen LogP contribution in [-0.4, -0.2) is 48.4 Å². The predicted molar refractivity (Wildman–Crippen MR) is 76.9 cm³/mol. The number of rotatable bonds is 5. The van der Waals surface area contributed by atoms with Crippen molar-refractivity contribution in [3.8, 4) is 0 Å². The first-order valence-corrected chi connectivity index (χ1v) is 6.80. The third-order valence-corrected chi connectivity index (χ3v) is 3.48. The number of ketones is 1. The van der Waals surface area contributed by atoms with Gasteiger partial charge in [-0.05, 0) is 24.7 Å². The average Bonchev–Trinajstić information content (AvgIpc) is 2.39. The van der Waals surface area contributed by atoms with Gasteiger partial charge in [-0.3, -0.25) is 14.5 Å². The lowest BCUT2D eigenvalue weighted by Crippen LogP contribution is -2.33. The molecule has 1 aliphatic heterocycles. The lowest BCUT2D eigenvalue weighted by atomic mass is 10.1. The molecule has 1 fully saturated rings. The number of nitrogens with zero attached hydrogens (tertiary/aromatic N) is 2. The Morgan fingerprint density at radius 2 is 1.85 bits per heavy atom. The van der Waals surface area contributed by atoms with Crippen LogP contribution < -0.4 is 4.90 Å². The third-order valence-electron chi connectivity index (χ3n) is 3.48. The Kier molecular flexibility index (Phi) is 4.74. The van der Waals surface area contributed by atoms with Crippen molar-refractivity contribution in [3.63, 3.8) is 0 Å². The van der Waals surface area contributed by atoms with Crippen LogP contribution in [0.3, 0.4) is 0 Å². The molecule has 0 bridgehead atoms. The normalized spacial score (nSPS) is 15.7. The highest BCUT2D eigenvalue weighted by Crippen LogP contribution is 2.19. The number of aliphatic carboxylic acids is 1. The number of carbonyl (C=O) groups is 2. The van der Waals surface area contributed by atoms with E-state index in [2.05, 4.69) is 4.90 Å². The molecule has 0 saturated carbocycles. The van der Waals surface area contributed by atoms with E-state index in [4.69, 9.17) is 5.11 Å². The molecule has 5 heteroatoms. The van der Waals surface area contributed by atoms with Crippen molar-refractivity contribution >= 4 is 17.4 Å². The highest BCUT2D eigenvalue weighted by atomic mass is 16.4. The standard InChI is InChI=1S/C15H20N2O3/c1-16(11-15(19)20)10-12-2-4-13(5-3-12)17-8-6-14(18)7-9-17/h2-5H,6-11H2,1H3,(H,19,20). The Balaban J connectivity index is 1.92. The van der Waals surface area contributed by atoms with Crippen LogP contribution in [0.4, 0.5) is 5.69 Å². The van der Waals surface area contributed by atoms with Crippen LogP contribution in [0.1, 0.15) is 18.4 Å². The van der Waals surface area contributed by atoms with E-state index in [0.717, 1.165) is 24.3 Å². The van der Waals surface area contributed by atoms with Crippen molar-refractivity contribution < 1.29 is 14.7 Å². The first-order valence-electron chi connectivity index (χ1n) is 6.80. The quantitative estimate of drug-likeness (QED) is 0.880. The lowest BCUT2D eigenvalue weighted by Gasteiger charge is -2.28. The Labute approximate surface area is 118 Å². The monoisotopic (exact) mass is 276 g/mol. The summed E-state index contributed by atoms with van der Waals surface area (Å²) in [6.45, 7) is 2.23. The topological polar surface area (TPSA) is 60.9 Å². The summed E-state index contributed by atoms with van der Waals surface area (Å²) in [6.07, 6.45) is 1.26. The van der Waals surface area contributed by atoms with Gasteiger partial charge in [-0.2, -0.15) is 0 Å². The van der Waals surface area contributed by atoms with E-state index in [-0.39, 0.29) is 6.54 Å². The van der Waals surface area contributed by atoms with Crippen LogP contribution >= 0.6 is 0 Å². The van der Waals surface area contributed by atoms with Crippen LogP contribution in [0, 0.1) is 0 Å². The van der Waals surface area contributed by atoms with Gasteiger partial charge in [0.25, 0.3) is 0 Å². The van der Waals surface area contributed by atoms with Crippen LogP contribution in [0.2, 0.25) is 0 Å². The van der Waals surface area contributed by atoms with E-state index in [9.17, 15) is 9.59 Å². The molecule has 1 N–H and O–H groups in total. The molecule has 0 aliphatic carbocycles. The van der Waals surface area contributed by atoms with E-state index in [1.165, 1.54) is 0 Å². The molecule has 0 spiro atoms. The van der Waals surface area contributed by atoms with E-state index >= 15 is 0 Å². The van der Waals surface area contributed by atoms with E-state index in [1.807, 2.05) is 24.3 Å². The summed E-state index contributed by atoms with van der Waals surface area (Å²) in [5, 5.41) is 8.72. The third kappa shape index (κ3) is 4.06. The molecule has 0 radical (unpaired) electrons. The first kappa shape index (κ1) is 14.5. The largest absolute Gasteiger partial charge is 0.480 e. The number of carboxylic acid groups (broad SMARTS) is 1. The van der Waals surface area contributed by atoms with Crippen molar-refractivity contribution in [2.24, 2.45) is 0 Å². The van der Waals surface area contributed by atoms with Crippen LogP contribution in [0.15, 0.2) is 24.3 Å². The number of piperidine rings is 1. The van der Waals surface area contributed by atoms with Gasteiger partial charge in [0.1, 0.15) is 5.78 Å². The molecule has 1 heterocycles. The van der Waals surface area contributed by atoms with Gasteiger partial charge in [0.05, 0.1) is 6.54 Å². The van der Waals surface area contributed by atoms with E-state index in [1.54, 1.807) is 11.9 Å².